The van der Waals surface area contributed by atoms with Gasteiger partial charge in [0.05, 0.1) is 52.3 Å². The van der Waals surface area contributed by atoms with Gasteiger partial charge >= 0.3 is 0 Å². The molecule has 0 bridgehead atoms. The van der Waals surface area contributed by atoms with Crippen molar-refractivity contribution in [3.8, 4) is 11.5 Å². The lowest BCUT2D eigenvalue weighted by molar-refractivity contribution is -0.142. The van der Waals surface area contributed by atoms with E-state index >= 15 is 0 Å². The zero-order valence-corrected chi connectivity index (χ0v) is 35.3. The molecule has 0 amide bonds. The molecule has 0 saturated carbocycles. The van der Waals surface area contributed by atoms with Gasteiger partial charge in [0.2, 0.25) is 0 Å². The van der Waals surface area contributed by atoms with Crippen LogP contribution in [0.4, 0.5) is 0 Å². The number of Topliss-reactive ketones (excluding diaryl/α,β-unsaturated/α-hetero) is 1. The zero-order valence-electron chi connectivity index (χ0n) is 33.3. The highest BCUT2D eigenvalue weighted by atomic mass is 28.4. The number of aliphatic hydroxyl groups excluding tert-OH is 2. The third-order valence-corrected chi connectivity index (χ3v) is 19.5. The normalized spacial score (nSPS) is 15.1. The number of hydrogen-bond acceptors (Lipinski definition) is 9. The van der Waals surface area contributed by atoms with Gasteiger partial charge in [-0.3, -0.25) is 4.79 Å². The van der Waals surface area contributed by atoms with Gasteiger partial charge in [0.15, 0.2) is 22.4 Å². The molecule has 0 heterocycles. The van der Waals surface area contributed by atoms with Crippen molar-refractivity contribution in [3.05, 3.63) is 95.1 Å². The number of carbonyl (C=O) groups is 1. The molecule has 0 spiro atoms. The summed E-state index contributed by atoms with van der Waals surface area (Å²) in [5.74, 6) is -0.0587. The van der Waals surface area contributed by atoms with E-state index in [1.54, 1.807) is 12.1 Å². The van der Waals surface area contributed by atoms with Crippen LogP contribution in [0.15, 0.2) is 72.8 Å². The zero-order chi connectivity index (χ0) is 38.9. The van der Waals surface area contributed by atoms with Crippen LogP contribution in [0, 0.1) is 0 Å². The fourth-order valence-corrected chi connectivity index (χ4v) is 7.35. The second-order valence-corrected chi connectivity index (χ2v) is 26.0. The van der Waals surface area contributed by atoms with Gasteiger partial charge in [0.1, 0.15) is 29.8 Å². The summed E-state index contributed by atoms with van der Waals surface area (Å²) in [5, 5.41) is 23.7. The van der Waals surface area contributed by atoms with Crippen molar-refractivity contribution in [2.75, 3.05) is 20.8 Å². The Bertz CT molecular complexity index is 1550. The van der Waals surface area contributed by atoms with Crippen LogP contribution < -0.4 is 9.47 Å². The maximum absolute atomic E-state index is 14.5. The van der Waals surface area contributed by atoms with Crippen molar-refractivity contribution in [1.29, 1.82) is 0 Å². The number of rotatable bonds is 19. The summed E-state index contributed by atoms with van der Waals surface area (Å²) in [5.41, 5.74) is 2.43. The minimum absolute atomic E-state index is 0.0519. The molecule has 288 valence electrons. The highest BCUT2D eigenvalue weighted by Gasteiger charge is 2.45. The van der Waals surface area contributed by atoms with Gasteiger partial charge < -0.3 is 38.0 Å². The van der Waals surface area contributed by atoms with Crippen LogP contribution in [0.2, 0.25) is 36.3 Å². The molecule has 0 aromatic heterocycles. The Hall–Kier alpha value is -2.88. The van der Waals surface area contributed by atoms with Crippen LogP contribution in [-0.4, -0.2) is 77.9 Å². The number of methoxy groups -OCH3 is 2. The monoisotopic (exact) mass is 754 g/mol. The van der Waals surface area contributed by atoms with E-state index < -0.39 is 46.8 Å². The van der Waals surface area contributed by atoms with E-state index in [-0.39, 0.29) is 41.2 Å². The molecule has 0 aliphatic heterocycles. The maximum atomic E-state index is 14.5. The highest BCUT2D eigenvalue weighted by molar-refractivity contribution is 6.74. The first kappa shape index (κ1) is 43.5. The van der Waals surface area contributed by atoms with Crippen molar-refractivity contribution in [2.24, 2.45) is 0 Å². The quantitative estimate of drug-likeness (QED) is 0.0922. The van der Waals surface area contributed by atoms with Gasteiger partial charge in [0.25, 0.3) is 0 Å². The Labute approximate surface area is 313 Å². The third-order valence-electron chi connectivity index (χ3n) is 10.5. The van der Waals surface area contributed by atoms with Gasteiger partial charge in [-0.25, -0.2) is 0 Å². The molecule has 0 fully saturated rings. The molecule has 0 saturated heterocycles. The number of hydrogen-bond donors (Lipinski definition) is 2. The average Bonchev–Trinajstić information content (AvgIpc) is 3.09. The first-order valence-electron chi connectivity index (χ1n) is 18.0. The molecule has 3 aromatic rings. The van der Waals surface area contributed by atoms with Crippen LogP contribution in [0.1, 0.15) is 68.6 Å². The maximum Gasteiger partial charge on any atom is 0.198 e. The average molecular weight is 755 g/mol. The van der Waals surface area contributed by atoms with Crippen LogP contribution in [0.3, 0.4) is 0 Å². The van der Waals surface area contributed by atoms with Crippen LogP contribution in [0.5, 0.6) is 11.5 Å². The Morgan fingerprint density at radius 2 is 1.27 bits per heavy atom. The van der Waals surface area contributed by atoms with E-state index in [1.165, 1.54) is 14.2 Å². The Balaban J connectivity index is 2.06. The Morgan fingerprint density at radius 3 is 1.77 bits per heavy atom. The second kappa shape index (κ2) is 18.4. The lowest BCUT2D eigenvalue weighted by Gasteiger charge is -2.42. The van der Waals surface area contributed by atoms with E-state index in [4.69, 9.17) is 27.8 Å². The Kier molecular flexibility index (Phi) is 15.4. The largest absolute Gasteiger partial charge is 0.497 e. The molecule has 2 N–H and O–H groups in total. The lowest BCUT2D eigenvalue weighted by atomic mass is 9.93. The fraction of sp³-hybridized carbons (Fsp3) is 0.537. The van der Waals surface area contributed by atoms with Gasteiger partial charge in [-0.1, -0.05) is 102 Å². The standard InChI is InChI=1S/C41H62O9Si2/c1-40(2,3)51(9,10)49-27-31-23-32(45-7)24-33(46-8)35(31)36(42)37(43)38(44)39(48-26-30-21-17-14-18-22-30)34(50-52(11,12)41(4,5)6)28-47-25-29-19-15-13-16-20-29/h13-24,34,37-39,43-44H,25-28H2,1-12H3/t34-,37-,38+,39-/m1/s1. The molecule has 52 heavy (non-hydrogen) atoms. The smallest absolute Gasteiger partial charge is 0.198 e. The number of ether oxygens (including phenoxy) is 4. The molecule has 11 heteroatoms. The van der Waals surface area contributed by atoms with Crippen molar-refractivity contribution in [1.82, 2.24) is 0 Å². The third kappa shape index (κ3) is 11.6. The summed E-state index contributed by atoms with van der Waals surface area (Å²) < 4.78 is 37.3. The summed E-state index contributed by atoms with van der Waals surface area (Å²) in [6.45, 7) is 21.8. The molecule has 0 radical (unpaired) electrons. The second-order valence-electron chi connectivity index (χ2n) is 16.4. The van der Waals surface area contributed by atoms with E-state index in [2.05, 4.69) is 67.7 Å². The minimum atomic E-state index is -2.50. The molecule has 0 aliphatic carbocycles. The summed E-state index contributed by atoms with van der Waals surface area (Å²) >= 11 is 0. The minimum Gasteiger partial charge on any atom is -0.497 e. The number of ketones is 1. The van der Waals surface area contributed by atoms with Crippen LogP contribution in [-0.2, 0) is 38.1 Å². The van der Waals surface area contributed by atoms with E-state index in [1.807, 2.05) is 60.7 Å². The van der Waals surface area contributed by atoms with E-state index in [0.29, 0.717) is 17.9 Å². The first-order valence-corrected chi connectivity index (χ1v) is 23.8. The van der Waals surface area contributed by atoms with E-state index in [0.717, 1.165) is 11.1 Å². The molecule has 4 atom stereocenters. The van der Waals surface area contributed by atoms with Gasteiger partial charge in [-0.15, -0.1) is 0 Å². The molecular weight excluding hydrogens is 693 g/mol. The Morgan fingerprint density at radius 1 is 0.731 bits per heavy atom. The highest BCUT2D eigenvalue weighted by Crippen LogP contribution is 2.40. The molecule has 3 aromatic carbocycles. The summed E-state index contributed by atoms with van der Waals surface area (Å²) in [6.07, 6.45) is -5.59. The predicted octanol–water partition coefficient (Wildman–Crippen LogP) is 8.32. The molecule has 9 nitrogen and oxygen atoms in total. The molecule has 3 rings (SSSR count). The SMILES string of the molecule is COc1cc(CO[Si](C)(C)C(C)(C)C)c(C(=O)[C@@H](O)[C@H](O)[C@H](OCc2ccccc2)[C@@H](COCc2ccccc2)O[Si](C)(C)C(C)(C)C)c(OC)c1. The van der Waals surface area contributed by atoms with Crippen molar-refractivity contribution in [3.63, 3.8) is 0 Å². The summed E-state index contributed by atoms with van der Waals surface area (Å²) in [7, 11) is -1.77. The number of carbonyl (C=O) groups excluding carboxylic acids is 1. The van der Waals surface area contributed by atoms with Gasteiger partial charge in [-0.05, 0) is 59.0 Å². The van der Waals surface area contributed by atoms with Crippen molar-refractivity contribution >= 4 is 22.4 Å². The molecule has 0 unspecified atom stereocenters. The van der Waals surface area contributed by atoms with E-state index in [9.17, 15) is 15.0 Å². The molecular formula is C41H62O9Si2. The molecule has 0 aliphatic rings. The fourth-order valence-electron chi connectivity index (χ4n) is 5.09. The summed E-state index contributed by atoms with van der Waals surface area (Å²) in [4.78, 5) is 14.5. The van der Waals surface area contributed by atoms with Crippen LogP contribution in [0.25, 0.3) is 0 Å². The van der Waals surface area contributed by atoms with Crippen LogP contribution >= 0.6 is 0 Å². The number of benzene rings is 3. The van der Waals surface area contributed by atoms with Crippen molar-refractivity contribution < 1.29 is 42.8 Å². The van der Waals surface area contributed by atoms with Crippen molar-refractivity contribution in [2.45, 2.75) is 122 Å². The van der Waals surface area contributed by atoms with Gasteiger partial charge in [0, 0.05) is 6.07 Å². The lowest BCUT2D eigenvalue weighted by Crippen LogP contribution is -2.55. The topological polar surface area (TPSA) is 113 Å². The summed E-state index contributed by atoms with van der Waals surface area (Å²) in [6, 6.07) is 22.6. The van der Waals surface area contributed by atoms with Gasteiger partial charge in [-0.2, -0.15) is 0 Å². The predicted molar refractivity (Wildman–Crippen MR) is 211 cm³/mol. The first-order chi connectivity index (χ1) is 24.2. The number of aliphatic hydroxyl groups is 2.